The van der Waals surface area contributed by atoms with Gasteiger partial charge < -0.3 is 10.6 Å². The molecule has 0 atom stereocenters. The summed E-state index contributed by atoms with van der Waals surface area (Å²) in [6.07, 6.45) is 0.320. The topological polar surface area (TPSA) is 58.2 Å². The maximum Gasteiger partial charge on any atom is 0.234 e. The fraction of sp³-hybridized carbons (Fsp3) is 0.0909. The van der Waals surface area contributed by atoms with E-state index >= 15 is 0 Å². The maximum absolute atomic E-state index is 12.2. The van der Waals surface area contributed by atoms with Gasteiger partial charge in [0.05, 0.1) is 12.2 Å². The van der Waals surface area contributed by atoms with Crippen LogP contribution in [0.2, 0.25) is 5.02 Å². The molecular formula is C22H19ClN2O2S. The Labute approximate surface area is 173 Å². The Balaban J connectivity index is 1.51. The van der Waals surface area contributed by atoms with Crippen molar-refractivity contribution in [3.05, 3.63) is 89.4 Å². The van der Waals surface area contributed by atoms with Crippen LogP contribution in [-0.2, 0) is 16.0 Å². The largest absolute Gasteiger partial charge is 0.326 e. The first-order valence-electron chi connectivity index (χ1n) is 8.70. The van der Waals surface area contributed by atoms with E-state index in [0.717, 1.165) is 10.5 Å². The van der Waals surface area contributed by atoms with E-state index in [1.165, 1.54) is 11.8 Å². The summed E-state index contributed by atoms with van der Waals surface area (Å²) in [7, 11) is 0. The van der Waals surface area contributed by atoms with Gasteiger partial charge in [-0.05, 0) is 42.0 Å². The van der Waals surface area contributed by atoms with Gasteiger partial charge >= 0.3 is 0 Å². The summed E-state index contributed by atoms with van der Waals surface area (Å²) in [4.78, 5) is 25.2. The fourth-order valence-corrected chi connectivity index (χ4v) is 3.51. The highest BCUT2D eigenvalue weighted by molar-refractivity contribution is 8.00. The summed E-state index contributed by atoms with van der Waals surface area (Å²) in [5, 5.41) is 6.28. The quantitative estimate of drug-likeness (QED) is 0.523. The molecule has 3 aromatic rings. The third-order valence-electron chi connectivity index (χ3n) is 3.80. The average Bonchev–Trinajstić information content (AvgIpc) is 2.67. The molecule has 2 amide bonds. The van der Waals surface area contributed by atoms with Crippen molar-refractivity contribution in [2.75, 3.05) is 16.4 Å². The molecular weight excluding hydrogens is 392 g/mol. The SMILES string of the molecule is O=C(CSc1cccc(NC(=O)Cc2ccccc2)c1)Nc1cccc(Cl)c1. The van der Waals surface area contributed by atoms with Crippen molar-refractivity contribution in [2.45, 2.75) is 11.3 Å². The lowest BCUT2D eigenvalue weighted by atomic mass is 10.1. The van der Waals surface area contributed by atoms with E-state index in [4.69, 9.17) is 11.6 Å². The number of nitrogens with one attached hydrogen (secondary N) is 2. The van der Waals surface area contributed by atoms with Crippen LogP contribution in [0.1, 0.15) is 5.56 Å². The molecule has 0 aliphatic carbocycles. The van der Waals surface area contributed by atoms with Gasteiger partial charge in [0.1, 0.15) is 0 Å². The highest BCUT2D eigenvalue weighted by atomic mass is 35.5. The second-order valence-corrected chi connectivity index (χ2v) is 7.57. The van der Waals surface area contributed by atoms with Gasteiger partial charge in [0.2, 0.25) is 11.8 Å². The minimum atomic E-state index is -0.120. The van der Waals surface area contributed by atoms with Gasteiger partial charge in [0.15, 0.2) is 0 Å². The Bertz CT molecular complexity index is 964. The van der Waals surface area contributed by atoms with Crippen molar-refractivity contribution in [3.63, 3.8) is 0 Å². The second-order valence-electron chi connectivity index (χ2n) is 6.09. The monoisotopic (exact) mass is 410 g/mol. The molecule has 0 spiro atoms. The Morgan fingerprint density at radius 3 is 2.21 bits per heavy atom. The van der Waals surface area contributed by atoms with E-state index in [0.29, 0.717) is 22.8 Å². The Kier molecular flexibility index (Phi) is 7.12. The molecule has 3 aromatic carbocycles. The molecule has 0 aromatic heterocycles. The van der Waals surface area contributed by atoms with Crippen LogP contribution in [0.15, 0.2) is 83.8 Å². The highest BCUT2D eigenvalue weighted by Gasteiger charge is 2.07. The minimum absolute atomic E-state index is 0.0768. The number of hydrogen-bond acceptors (Lipinski definition) is 3. The summed E-state index contributed by atoms with van der Waals surface area (Å²) >= 11 is 7.32. The van der Waals surface area contributed by atoms with E-state index < -0.39 is 0 Å². The highest BCUT2D eigenvalue weighted by Crippen LogP contribution is 2.22. The molecule has 4 nitrogen and oxygen atoms in total. The van der Waals surface area contributed by atoms with Gasteiger partial charge in [-0.25, -0.2) is 0 Å². The Hall–Kier alpha value is -2.76. The summed E-state index contributed by atoms with van der Waals surface area (Å²) < 4.78 is 0. The number of benzene rings is 3. The maximum atomic E-state index is 12.2. The second kappa shape index (κ2) is 9.97. The normalized spacial score (nSPS) is 10.3. The lowest BCUT2D eigenvalue weighted by molar-refractivity contribution is -0.115. The lowest BCUT2D eigenvalue weighted by Gasteiger charge is -2.08. The van der Waals surface area contributed by atoms with Gasteiger partial charge in [-0.1, -0.05) is 54.1 Å². The first-order valence-corrected chi connectivity index (χ1v) is 10.1. The van der Waals surface area contributed by atoms with Crippen LogP contribution in [0.25, 0.3) is 0 Å². The number of hydrogen-bond donors (Lipinski definition) is 2. The van der Waals surface area contributed by atoms with Crippen LogP contribution in [0.3, 0.4) is 0 Å². The summed E-state index contributed by atoms with van der Waals surface area (Å²) in [6.45, 7) is 0. The van der Waals surface area contributed by atoms with Gasteiger partial charge in [-0.15, -0.1) is 11.8 Å². The summed E-state index contributed by atoms with van der Waals surface area (Å²) in [5.74, 6) is 0.0614. The third-order valence-corrected chi connectivity index (χ3v) is 5.03. The van der Waals surface area contributed by atoms with Crippen LogP contribution in [0.5, 0.6) is 0 Å². The molecule has 28 heavy (non-hydrogen) atoms. The van der Waals surface area contributed by atoms with Crippen LogP contribution in [0.4, 0.5) is 11.4 Å². The smallest absolute Gasteiger partial charge is 0.234 e. The van der Waals surface area contributed by atoms with E-state index in [1.54, 1.807) is 24.3 Å². The number of halogens is 1. The van der Waals surface area contributed by atoms with Crippen molar-refractivity contribution in [1.29, 1.82) is 0 Å². The van der Waals surface area contributed by atoms with Crippen molar-refractivity contribution in [3.8, 4) is 0 Å². The van der Waals surface area contributed by atoms with Crippen LogP contribution in [-0.4, -0.2) is 17.6 Å². The number of rotatable bonds is 7. The molecule has 2 N–H and O–H groups in total. The molecule has 0 bridgehead atoms. The van der Waals surface area contributed by atoms with Crippen molar-refractivity contribution in [1.82, 2.24) is 0 Å². The van der Waals surface area contributed by atoms with E-state index in [9.17, 15) is 9.59 Å². The molecule has 0 radical (unpaired) electrons. The van der Waals surface area contributed by atoms with Crippen LogP contribution < -0.4 is 10.6 Å². The average molecular weight is 411 g/mol. The molecule has 0 saturated carbocycles. The number of thioether (sulfide) groups is 1. The molecule has 0 heterocycles. The van der Waals surface area contributed by atoms with Gasteiger partial charge in [0.25, 0.3) is 0 Å². The molecule has 0 aliphatic rings. The summed E-state index contributed by atoms with van der Waals surface area (Å²) in [5.41, 5.74) is 2.34. The Morgan fingerprint density at radius 2 is 1.46 bits per heavy atom. The predicted molar refractivity (Wildman–Crippen MR) is 116 cm³/mol. The zero-order chi connectivity index (χ0) is 19.8. The molecule has 0 saturated heterocycles. The zero-order valence-corrected chi connectivity index (χ0v) is 16.6. The standard InChI is InChI=1S/C22H19ClN2O2S/c23-17-8-4-9-18(13-17)25-22(27)15-28-20-11-5-10-19(14-20)24-21(26)12-16-6-2-1-3-7-16/h1-11,13-14H,12,15H2,(H,24,26)(H,25,27). The van der Waals surface area contributed by atoms with Gasteiger partial charge in [-0.2, -0.15) is 0 Å². The number of amides is 2. The van der Waals surface area contributed by atoms with E-state index in [1.807, 2.05) is 54.6 Å². The van der Waals surface area contributed by atoms with Crippen molar-refractivity contribution in [2.24, 2.45) is 0 Å². The van der Waals surface area contributed by atoms with E-state index in [2.05, 4.69) is 10.6 Å². The van der Waals surface area contributed by atoms with E-state index in [-0.39, 0.29) is 17.6 Å². The molecule has 0 aliphatic heterocycles. The van der Waals surface area contributed by atoms with Crippen LogP contribution >= 0.6 is 23.4 Å². The first kappa shape index (κ1) is 20.0. The fourth-order valence-electron chi connectivity index (χ4n) is 2.56. The zero-order valence-electron chi connectivity index (χ0n) is 15.0. The molecule has 142 valence electrons. The number of anilines is 2. The van der Waals surface area contributed by atoms with Gasteiger partial charge in [-0.3, -0.25) is 9.59 Å². The molecule has 6 heteroatoms. The number of carbonyl (C=O) groups excluding carboxylic acids is 2. The Morgan fingerprint density at radius 1 is 0.786 bits per heavy atom. The molecule has 0 fully saturated rings. The lowest BCUT2D eigenvalue weighted by Crippen LogP contribution is -2.15. The van der Waals surface area contributed by atoms with Gasteiger partial charge in [0, 0.05) is 21.3 Å². The first-order chi connectivity index (χ1) is 13.6. The summed E-state index contributed by atoms with van der Waals surface area (Å²) in [6, 6.07) is 24.1. The minimum Gasteiger partial charge on any atom is -0.326 e. The molecule has 0 unspecified atom stereocenters. The third kappa shape index (κ3) is 6.44. The number of carbonyl (C=O) groups is 2. The van der Waals surface area contributed by atoms with Crippen LogP contribution in [0, 0.1) is 0 Å². The molecule has 3 rings (SSSR count). The predicted octanol–water partition coefficient (Wildman–Crippen LogP) is 5.25. The van der Waals surface area contributed by atoms with Crippen molar-refractivity contribution >= 4 is 46.6 Å². The van der Waals surface area contributed by atoms with Crippen molar-refractivity contribution < 1.29 is 9.59 Å².